The minimum Gasteiger partial charge on any atom is -0.512 e. The van der Waals surface area contributed by atoms with Gasteiger partial charge in [0.2, 0.25) is 0 Å². The molecule has 1 aromatic rings. The van der Waals surface area contributed by atoms with Crippen LogP contribution in [0.1, 0.15) is 6.92 Å². The van der Waals surface area contributed by atoms with E-state index in [1.165, 1.54) is 11.8 Å². The minimum absolute atomic E-state index is 0.372. The highest BCUT2D eigenvalue weighted by molar-refractivity contribution is 7.99. The molecule has 1 aromatic carbocycles. The third-order valence-corrected chi connectivity index (χ3v) is 2.77. The van der Waals surface area contributed by atoms with E-state index < -0.39 is 7.32 Å². The Balaban J connectivity index is 2.57. The van der Waals surface area contributed by atoms with E-state index >= 15 is 0 Å². The van der Waals surface area contributed by atoms with Crippen LogP contribution in [0.25, 0.3) is 0 Å². The average molecular weight is 228 g/mol. The van der Waals surface area contributed by atoms with Crippen molar-refractivity contribution >= 4 is 19.1 Å². The van der Waals surface area contributed by atoms with Gasteiger partial charge in [0.1, 0.15) is 5.75 Å². The molecule has 0 saturated carbocycles. The second-order valence-electron chi connectivity index (χ2n) is 3.08. The van der Waals surface area contributed by atoms with E-state index in [1.807, 2.05) is 6.07 Å². The first-order valence-corrected chi connectivity index (χ1v) is 5.50. The number of hydrogen-bond donors (Lipinski definition) is 3. The molecule has 6 heteroatoms. The molecule has 1 atom stereocenters. The Morgan fingerprint density at radius 2 is 2.20 bits per heavy atom. The monoisotopic (exact) mass is 228 g/mol. The van der Waals surface area contributed by atoms with Crippen molar-refractivity contribution in [3.8, 4) is 5.75 Å². The van der Waals surface area contributed by atoms with Gasteiger partial charge >= 0.3 is 7.32 Å². The quantitative estimate of drug-likeness (QED) is 0.506. The highest BCUT2D eigenvalue weighted by atomic mass is 32.2. The minimum atomic E-state index is -1.80. The summed E-state index contributed by atoms with van der Waals surface area (Å²) in [4.78, 5) is 0.911. The summed E-state index contributed by atoms with van der Waals surface area (Å²) in [6.45, 7) is 1.71. The molecule has 0 saturated heterocycles. The van der Waals surface area contributed by atoms with Crippen molar-refractivity contribution in [2.24, 2.45) is 0 Å². The molecule has 0 heterocycles. The molecule has 0 spiro atoms. The van der Waals surface area contributed by atoms with E-state index in [9.17, 15) is 0 Å². The molecule has 0 aliphatic heterocycles. The van der Waals surface area contributed by atoms with E-state index in [0.717, 1.165) is 4.90 Å². The lowest BCUT2D eigenvalue weighted by atomic mass is 10.2. The third-order valence-electron chi connectivity index (χ3n) is 1.54. The molecule has 0 radical (unpaired) electrons. The first-order chi connectivity index (χ1) is 7.08. The summed E-state index contributed by atoms with van der Waals surface area (Å²) >= 11 is 1.48. The molecule has 0 amide bonds. The summed E-state index contributed by atoms with van der Waals surface area (Å²) in [5.74, 6) is 0.978. The van der Waals surface area contributed by atoms with Gasteiger partial charge in [-0.3, -0.25) is 0 Å². The van der Waals surface area contributed by atoms with Crippen LogP contribution < -0.4 is 4.65 Å². The lowest BCUT2D eigenvalue weighted by molar-refractivity contribution is 0.220. The smallest absolute Gasteiger partial charge is 0.512 e. The Bertz CT molecular complexity index is 306. The average Bonchev–Trinajstić information content (AvgIpc) is 2.14. The van der Waals surface area contributed by atoms with Crippen molar-refractivity contribution in [1.82, 2.24) is 0 Å². The summed E-state index contributed by atoms with van der Waals surface area (Å²) in [5, 5.41) is 26.3. The van der Waals surface area contributed by atoms with E-state index in [1.54, 1.807) is 25.1 Å². The Labute approximate surface area is 93.1 Å². The second kappa shape index (κ2) is 6.02. The maximum absolute atomic E-state index is 9.10. The van der Waals surface area contributed by atoms with Crippen LogP contribution in [-0.4, -0.2) is 34.3 Å². The maximum atomic E-state index is 9.10. The Morgan fingerprint density at radius 3 is 2.80 bits per heavy atom. The fourth-order valence-corrected chi connectivity index (χ4v) is 1.78. The molecular weight excluding hydrogens is 215 g/mol. The molecule has 4 nitrogen and oxygen atoms in total. The summed E-state index contributed by atoms with van der Waals surface area (Å²) in [6, 6.07) is 6.93. The molecule has 3 N–H and O–H groups in total. The maximum Gasteiger partial charge on any atom is 0.707 e. The normalized spacial score (nSPS) is 12.3. The molecule has 82 valence electrons. The molecule has 1 unspecified atom stereocenters. The van der Waals surface area contributed by atoms with Gasteiger partial charge in [0.05, 0.1) is 6.10 Å². The fourth-order valence-electron chi connectivity index (χ4n) is 0.976. The van der Waals surface area contributed by atoms with Gasteiger partial charge in [0, 0.05) is 10.6 Å². The van der Waals surface area contributed by atoms with Gasteiger partial charge in [-0.25, -0.2) is 0 Å². The molecular formula is C9H13BO4S. The fraction of sp³-hybridized carbons (Fsp3) is 0.333. The Hall–Kier alpha value is -0.685. The van der Waals surface area contributed by atoms with Gasteiger partial charge in [-0.15, -0.1) is 11.8 Å². The van der Waals surface area contributed by atoms with E-state index in [-0.39, 0.29) is 6.10 Å². The summed E-state index contributed by atoms with van der Waals surface area (Å²) in [6.07, 6.45) is -0.372. The van der Waals surface area contributed by atoms with Crippen LogP contribution in [0, 0.1) is 0 Å². The van der Waals surface area contributed by atoms with E-state index in [0.29, 0.717) is 11.5 Å². The van der Waals surface area contributed by atoms with Crippen molar-refractivity contribution < 1.29 is 19.8 Å². The van der Waals surface area contributed by atoms with E-state index in [4.69, 9.17) is 19.8 Å². The molecule has 0 aliphatic rings. The van der Waals surface area contributed by atoms with Crippen LogP contribution >= 0.6 is 11.8 Å². The Morgan fingerprint density at radius 1 is 1.47 bits per heavy atom. The molecule has 0 aromatic heterocycles. The van der Waals surface area contributed by atoms with Gasteiger partial charge in [-0.1, -0.05) is 6.07 Å². The van der Waals surface area contributed by atoms with Gasteiger partial charge < -0.3 is 19.8 Å². The predicted octanol–water partition coefficient (Wildman–Crippen LogP) is 0.508. The van der Waals surface area contributed by atoms with E-state index in [2.05, 4.69) is 0 Å². The summed E-state index contributed by atoms with van der Waals surface area (Å²) in [7, 11) is -1.80. The van der Waals surface area contributed by atoms with Crippen LogP contribution in [0.3, 0.4) is 0 Å². The summed E-state index contributed by atoms with van der Waals surface area (Å²) < 4.78 is 4.70. The topological polar surface area (TPSA) is 69.9 Å². The highest BCUT2D eigenvalue weighted by Crippen LogP contribution is 2.23. The van der Waals surface area contributed by atoms with Crippen molar-refractivity contribution in [2.45, 2.75) is 17.9 Å². The number of thioether (sulfide) groups is 1. The zero-order valence-corrected chi connectivity index (χ0v) is 9.15. The third kappa shape index (κ3) is 5.08. The first-order valence-electron chi connectivity index (χ1n) is 4.51. The van der Waals surface area contributed by atoms with Crippen molar-refractivity contribution in [3.63, 3.8) is 0 Å². The molecule has 15 heavy (non-hydrogen) atoms. The summed E-state index contributed by atoms with van der Waals surface area (Å²) in [5.41, 5.74) is 0. The lowest BCUT2D eigenvalue weighted by Crippen LogP contribution is -2.20. The number of hydrogen-bond acceptors (Lipinski definition) is 5. The number of aliphatic hydroxyl groups is 1. The van der Waals surface area contributed by atoms with Crippen molar-refractivity contribution in [1.29, 1.82) is 0 Å². The predicted molar refractivity (Wildman–Crippen MR) is 59.7 cm³/mol. The highest BCUT2D eigenvalue weighted by Gasteiger charge is 2.11. The standard InChI is InChI=1S/C9H13BO4S/c1-7(11)6-15-9-4-2-3-8(5-9)14-10(12)13/h2-5,7,11-13H,6H2,1H3. The zero-order chi connectivity index (χ0) is 11.3. The molecule has 0 bridgehead atoms. The van der Waals surface area contributed by atoms with Crippen LogP contribution in [0.15, 0.2) is 29.2 Å². The molecule has 0 aliphatic carbocycles. The van der Waals surface area contributed by atoms with Crippen molar-refractivity contribution in [2.75, 3.05) is 5.75 Å². The second-order valence-corrected chi connectivity index (χ2v) is 4.17. The van der Waals surface area contributed by atoms with Gasteiger partial charge in [0.25, 0.3) is 0 Å². The molecule has 0 fully saturated rings. The zero-order valence-electron chi connectivity index (χ0n) is 8.33. The SMILES string of the molecule is CC(O)CSc1cccc(OB(O)O)c1. The van der Waals surface area contributed by atoms with Crippen LogP contribution in [0.4, 0.5) is 0 Å². The van der Waals surface area contributed by atoms with Gasteiger partial charge in [-0.2, -0.15) is 0 Å². The number of aliphatic hydroxyl groups excluding tert-OH is 1. The van der Waals surface area contributed by atoms with Gasteiger partial charge in [-0.05, 0) is 25.1 Å². The number of benzene rings is 1. The Kier molecular flexibility index (Phi) is 4.97. The largest absolute Gasteiger partial charge is 0.707 e. The first kappa shape index (κ1) is 12.4. The van der Waals surface area contributed by atoms with Crippen molar-refractivity contribution in [3.05, 3.63) is 24.3 Å². The van der Waals surface area contributed by atoms with Crippen LogP contribution in [-0.2, 0) is 0 Å². The van der Waals surface area contributed by atoms with Crippen LogP contribution in [0.5, 0.6) is 5.75 Å². The van der Waals surface area contributed by atoms with Crippen LogP contribution in [0.2, 0.25) is 0 Å². The molecule has 1 rings (SSSR count). The number of rotatable bonds is 5. The lowest BCUT2D eigenvalue weighted by Gasteiger charge is -2.07. The van der Waals surface area contributed by atoms with Gasteiger partial charge in [0.15, 0.2) is 0 Å².